The first-order valence-corrected chi connectivity index (χ1v) is 13.4. The number of para-hydroxylation sites is 1. The Morgan fingerprint density at radius 3 is 2.22 bits per heavy atom. The van der Waals surface area contributed by atoms with Gasteiger partial charge in [-0.05, 0) is 73.4 Å². The van der Waals surface area contributed by atoms with Crippen LogP contribution in [0.5, 0.6) is 5.75 Å². The van der Waals surface area contributed by atoms with Gasteiger partial charge in [-0.3, -0.25) is 9.59 Å². The van der Waals surface area contributed by atoms with Crippen molar-refractivity contribution in [1.29, 1.82) is 0 Å². The number of benzene rings is 3. The van der Waals surface area contributed by atoms with Gasteiger partial charge < -0.3 is 14.7 Å². The average Bonchev–Trinajstić information content (AvgIpc) is 3.76. The number of carboxylic acid groups (broad SMARTS) is 1. The zero-order valence-corrected chi connectivity index (χ0v) is 21.9. The summed E-state index contributed by atoms with van der Waals surface area (Å²) in [6, 6.07) is 24.7. The van der Waals surface area contributed by atoms with E-state index in [4.69, 9.17) is 9.84 Å². The van der Waals surface area contributed by atoms with Gasteiger partial charge in [0, 0.05) is 29.5 Å². The minimum absolute atomic E-state index is 0.0476. The predicted molar refractivity (Wildman–Crippen MR) is 150 cm³/mol. The summed E-state index contributed by atoms with van der Waals surface area (Å²) in [6.45, 7) is 2.68. The highest BCUT2D eigenvalue weighted by Crippen LogP contribution is 2.37. The molecular weight excluding hydrogens is 461 g/mol. The largest absolute Gasteiger partial charge is 0.493 e. The van der Waals surface area contributed by atoms with E-state index in [-0.39, 0.29) is 24.3 Å². The number of rotatable bonds is 13. The zero-order chi connectivity index (χ0) is 26.2. The number of aryl methyl sites for hydroxylation is 1. The van der Waals surface area contributed by atoms with Crippen molar-refractivity contribution in [1.82, 2.24) is 4.90 Å². The summed E-state index contributed by atoms with van der Waals surface area (Å²) in [7, 11) is 2.08. The third-order valence-electron chi connectivity index (χ3n) is 7.08. The Balaban J connectivity index is 1.45. The van der Waals surface area contributed by atoms with Gasteiger partial charge in [0.25, 0.3) is 5.91 Å². The van der Waals surface area contributed by atoms with E-state index in [1.54, 1.807) is 0 Å². The quantitative estimate of drug-likeness (QED) is 0.237. The third kappa shape index (κ3) is 7.03. The number of amides is 1. The molecule has 0 spiro atoms. The van der Waals surface area contributed by atoms with Crippen LogP contribution in [0.1, 0.15) is 72.9 Å². The maximum absolute atomic E-state index is 13.7. The molecule has 1 aliphatic rings. The molecule has 0 bridgehead atoms. The van der Waals surface area contributed by atoms with Gasteiger partial charge in [-0.15, -0.1) is 0 Å². The molecule has 1 saturated carbocycles. The second-order valence-corrected chi connectivity index (χ2v) is 9.84. The lowest BCUT2D eigenvalue weighted by atomic mass is 9.86. The van der Waals surface area contributed by atoms with E-state index in [0.717, 1.165) is 54.5 Å². The Morgan fingerprint density at radius 1 is 0.946 bits per heavy atom. The Morgan fingerprint density at radius 2 is 1.59 bits per heavy atom. The van der Waals surface area contributed by atoms with Gasteiger partial charge >= 0.3 is 5.97 Å². The molecule has 3 aromatic rings. The number of nitrogens with zero attached hydrogens (tertiary/aromatic N) is 1. The second kappa shape index (κ2) is 12.6. The molecule has 1 aliphatic carbocycles. The normalized spacial score (nSPS) is 13.6. The van der Waals surface area contributed by atoms with E-state index in [2.05, 4.69) is 39.0 Å². The summed E-state index contributed by atoms with van der Waals surface area (Å²) in [5.41, 5.74) is 5.27. The molecule has 6 heteroatoms. The van der Waals surface area contributed by atoms with E-state index in [1.165, 1.54) is 5.56 Å². The maximum Gasteiger partial charge on any atom is 0.303 e. The lowest BCUT2D eigenvalue weighted by Gasteiger charge is -2.31. The van der Waals surface area contributed by atoms with Crippen molar-refractivity contribution in [3.8, 4) is 16.9 Å². The summed E-state index contributed by atoms with van der Waals surface area (Å²) in [5, 5.41) is 8.79. The molecule has 192 valence electrons. The average molecular weight is 497 g/mol. The molecule has 0 radical (unpaired) electrons. The number of aliphatic carboxylic acids is 1. The topological polar surface area (TPSA) is 66.8 Å². The van der Waals surface area contributed by atoms with Crippen LogP contribution in [0.4, 0.5) is 0 Å². The first-order chi connectivity index (χ1) is 18.0. The van der Waals surface area contributed by atoms with Crippen molar-refractivity contribution in [3.05, 3.63) is 89.5 Å². The first-order valence-electron chi connectivity index (χ1n) is 13.4. The first kappa shape index (κ1) is 26.5. The molecule has 0 aliphatic heterocycles. The highest BCUT2D eigenvalue weighted by Gasteiger charge is 2.37. The number of carboxylic acids is 1. The molecule has 37 heavy (non-hydrogen) atoms. The molecule has 1 atom stereocenters. The molecule has 1 unspecified atom stereocenters. The van der Waals surface area contributed by atoms with E-state index >= 15 is 0 Å². The number of hydrogen-bond acceptors (Lipinski definition) is 3. The SMILES string of the molecule is BC(c1ccccc1OCCCCCC(=O)O)N(C(=O)c1ccc(-c2ccc(CC)cc2)cc1)C1CC1. The van der Waals surface area contributed by atoms with Gasteiger partial charge in [0.2, 0.25) is 0 Å². The Labute approximate surface area is 220 Å². The molecule has 0 heterocycles. The molecule has 3 aromatic carbocycles. The van der Waals surface area contributed by atoms with Crippen molar-refractivity contribution in [3.63, 3.8) is 0 Å². The molecule has 4 rings (SSSR count). The fourth-order valence-corrected chi connectivity index (χ4v) is 4.74. The van der Waals surface area contributed by atoms with Crippen LogP contribution in [0, 0.1) is 0 Å². The predicted octanol–water partition coefficient (Wildman–Crippen LogP) is 5.88. The third-order valence-corrected chi connectivity index (χ3v) is 7.08. The van der Waals surface area contributed by atoms with Crippen molar-refractivity contribution in [2.24, 2.45) is 0 Å². The van der Waals surface area contributed by atoms with Crippen LogP contribution in [-0.2, 0) is 11.2 Å². The second-order valence-electron chi connectivity index (χ2n) is 9.84. The van der Waals surface area contributed by atoms with Gasteiger partial charge in [-0.2, -0.15) is 0 Å². The molecule has 0 saturated heterocycles. The van der Waals surface area contributed by atoms with Gasteiger partial charge in [0.15, 0.2) is 0 Å². The fourth-order valence-electron chi connectivity index (χ4n) is 4.74. The molecule has 5 nitrogen and oxygen atoms in total. The Bertz CT molecular complexity index is 1190. The molecular formula is C31H36BNO4. The van der Waals surface area contributed by atoms with Crippen molar-refractivity contribution in [2.45, 2.75) is 63.9 Å². The van der Waals surface area contributed by atoms with Crippen LogP contribution in [0.3, 0.4) is 0 Å². The number of hydrogen-bond donors (Lipinski definition) is 1. The lowest BCUT2D eigenvalue weighted by Crippen LogP contribution is -2.37. The smallest absolute Gasteiger partial charge is 0.303 e. The van der Waals surface area contributed by atoms with Crippen LogP contribution in [-0.4, -0.2) is 42.4 Å². The summed E-state index contributed by atoms with van der Waals surface area (Å²) in [4.78, 5) is 26.4. The molecule has 0 aromatic heterocycles. The molecule has 1 amide bonds. The van der Waals surface area contributed by atoms with E-state index in [1.807, 2.05) is 53.4 Å². The highest BCUT2D eigenvalue weighted by molar-refractivity contribution is 6.14. The number of carbonyl (C=O) groups excluding carboxylic acids is 1. The minimum atomic E-state index is -0.759. The lowest BCUT2D eigenvalue weighted by molar-refractivity contribution is -0.137. The minimum Gasteiger partial charge on any atom is -0.493 e. The van der Waals surface area contributed by atoms with Crippen LogP contribution < -0.4 is 4.74 Å². The van der Waals surface area contributed by atoms with Crippen molar-refractivity contribution >= 4 is 19.7 Å². The van der Waals surface area contributed by atoms with Gasteiger partial charge in [-0.1, -0.05) is 61.5 Å². The van der Waals surface area contributed by atoms with Crippen LogP contribution in [0.2, 0.25) is 0 Å². The maximum atomic E-state index is 13.7. The highest BCUT2D eigenvalue weighted by atomic mass is 16.5. The number of unbranched alkanes of at least 4 members (excludes halogenated alkanes) is 2. The Hall–Kier alpha value is -3.54. The van der Waals surface area contributed by atoms with Crippen molar-refractivity contribution in [2.75, 3.05) is 6.61 Å². The number of ether oxygens (including phenoxy) is 1. The van der Waals surface area contributed by atoms with Gasteiger partial charge in [0.1, 0.15) is 13.6 Å². The molecule has 1 fully saturated rings. The summed E-state index contributed by atoms with van der Waals surface area (Å²) >= 11 is 0. The van der Waals surface area contributed by atoms with Crippen LogP contribution in [0.15, 0.2) is 72.8 Å². The standard InChI is InChI=1S/C31H36BNO4/c1-2-22-11-13-23(14-12-22)24-15-17-25(18-16-24)31(36)33(26-19-20-26)30(32)27-8-5-6-9-28(27)37-21-7-3-4-10-29(34)35/h5-6,8-9,11-18,26,30H,2-4,7,10,19-21,32H2,1H3,(H,34,35). The Kier molecular flexibility index (Phi) is 9.05. The van der Waals surface area contributed by atoms with E-state index in [0.29, 0.717) is 18.6 Å². The number of carbonyl (C=O) groups is 2. The van der Waals surface area contributed by atoms with Crippen LogP contribution >= 0.6 is 0 Å². The zero-order valence-electron chi connectivity index (χ0n) is 21.9. The van der Waals surface area contributed by atoms with E-state index < -0.39 is 5.97 Å². The van der Waals surface area contributed by atoms with E-state index in [9.17, 15) is 9.59 Å². The van der Waals surface area contributed by atoms with Gasteiger partial charge in [-0.25, -0.2) is 0 Å². The van der Waals surface area contributed by atoms with Crippen LogP contribution in [0.25, 0.3) is 11.1 Å². The monoisotopic (exact) mass is 497 g/mol. The summed E-state index contributed by atoms with van der Waals surface area (Å²) < 4.78 is 6.10. The van der Waals surface area contributed by atoms with Gasteiger partial charge in [0.05, 0.1) is 6.61 Å². The summed E-state index contributed by atoms with van der Waals surface area (Å²) in [6.07, 6.45) is 5.52. The van der Waals surface area contributed by atoms with Crippen molar-refractivity contribution < 1.29 is 19.4 Å². The molecule has 1 N–H and O–H groups in total. The fraction of sp³-hybridized carbons (Fsp3) is 0.355. The summed E-state index contributed by atoms with van der Waals surface area (Å²) in [5.74, 6) is -0.0430.